The van der Waals surface area contributed by atoms with Crippen molar-refractivity contribution < 1.29 is 14.3 Å². The van der Waals surface area contributed by atoms with Crippen LogP contribution in [-0.2, 0) is 14.3 Å². The fourth-order valence-electron chi connectivity index (χ4n) is 1.26. The molecule has 2 aliphatic rings. The minimum Gasteiger partial charge on any atom is -0.457 e. The third-order valence-electron chi connectivity index (χ3n) is 2.00. The van der Waals surface area contributed by atoms with Crippen molar-refractivity contribution >= 4 is 23.6 Å². The fraction of sp³-hybridized carbons (Fsp3) is 0.333. The first-order valence-electron chi connectivity index (χ1n) is 4.20. The van der Waals surface area contributed by atoms with Crippen LogP contribution in [0, 0.1) is 0 Å². The van der Waals surface area contributed by atoms with Crippen LogP contribution < -0.4 is 0 Å². The Morgan fingerprint density at radius 2 is 2.64 bits per heavy atom. The molecule has 0 aromatic heterocycles. The van der Waals surface area contributed by atoms with E-state index in [4.69, 9.17) is 4.74 Å². The van der Waals surface area contributed by atoms with E-state index in [1.54, 1.807) is 11.1 Å². The minimum atomic E-state index is -0.378. The van der Waals surface area contributed by atoms with Crippen molar-refractivity contribution in [3.05, 3.63) is 23.8 Å². The molecule has 0 radical (unpaired) electrons. The van der Waals surface area contributed by atoms with Crippen LogP contribution >= 0.6 is 11.8 Å². The summed E-state index contributed by atoms with van der Waals surface area (Å²) in [6, 6.07) is 0. The van der Waals surface area contributed by atoms with Gasteiger partial charge < -0.3 is 9.64 Å². The standard InChI is InChI=1S/C9H9NO3S/c1-2-3-13-9(12)6-5-10-7(11)4-8(10)14-6/h2,5,8H,1,3-4H2/t8-/m1/s1. The third kappa shape index (κ3) is 1.43. The van der Waals surface area contributed by atoms with Gasteiger partial charge in [-0.2, -0.15) is 0 Å². The fourth-order valence-corrected chi connectivity index (χ4v) is 2.41. The predicted octanol–water partition coefficient (Wildman–Crippen LogP) is 0.862. The lowest BCUT2D eigenvalue weighted by atomic mass is 10.2. The van der Waals surface area contributed by atoms with Crippen molar-refractivity contribution in [2.24, 2.45) is 0 Å². The lowest BCUT2D eigenvalue weighted by molar-refractivity contribution is -0.137. The predicted molar refractivity (Wildman–Crippen MR) is 52.1 cm³/mol. The van der Waals surface area contributed by atoms with Gasteiger partial charge in [-0.05, 0) is 0 Å². The molecule has 1 atom stereocenters. The minimum absolute atomic E-state index is 0.0639. The highest BCUT2D eigenvalue weighted by atomic mass is 32.2. The van der Waals surface area contributed by atoms with E-state index >= 15 is 0 Å². The summed E-state index contributed by atoms with van der Waals surface area (Å²) in [6.45, 7) is 3.65. The highest BCUT2D eigenvalue weighted by molar-refractivity contribution is 8.04. The van der Waals surface area contributed by atoms with Gasteiger partial charge in [0.2, 0.25) is 5.91 Å². The summed E-state index contributed by atoms with van der Waals surface area (Å²) < 4.78 is 4.85. The Balaban J connectivity index is 1.96. The van der Waals surface area contributed by atoms with Crippen LogP contribution in [0.4, 0.5) is 0 Å². The zero-order valence-electron chi connectivity index (χ0n) is 7.43. The van der Waals surface area contributed by atoms with Crippen LogP contribution in [0.5, 0.6) is 0 Å². The summed E-state index contributed by atoms with van der Waals surface area (Å²) in [6.07, 6.45) is 3.59. The number of nitrogens with zero attached hydrogens (tertiary/aromatic N) is 1. The molecule has 4 nitrogen and oxygen atoms in total. The molecule has 0 saturated carbocycles. The molecule has 2 aliphatic heterocycles. The first-order valence-corrected chi connectivity index (χ1v) is 5.08. The zero-order valence-corrected chi connectivity index (χ0v) is 8.25. The number of hydrogen-bond donors (Lipinski definition) is 0. The molecule has 0 unspecified atom stereocenters. The Hall–Kier alpha value is -1.23. The van der Waals surface area contributed by atoms with E-state index in [0.717, 1.165) is 0 Å². The normalized spacial score (nSPS) is 23.7. The Bertz CT molecular complexity index is 337. The quantitative estimate of drug-likeness (QED) is 0.394. The van der Waals surface area contributed by atoms with Crippen LogP contribution in [0.3, 0.4) is 0 Å². The number of carbonyl (C=O) groups is 2. The number of rotatable bonds is 3. The van der Waals surface area contributed by atoms with Crippen molar-refractivity contribution in [1.29, 1.82) is 0 Å². The Morgan fingerprint density at radius 1 is 1.86 bits per heavy atom. The molecule has 1 amide bonds. The highest BCUT2D eigenvalue weighted by Gasteiger charge is 2.42. The lowest BCUT2D eigenvalue weighted by Crippen LogP contribution is -2.44. The summed E-state index contributed by atoms with van der Waals surface area (Å²) in [7, 11) is 0. The molecule has 0 aromatic carbocycles. The SMILES string of the molecule is C=CCOC(=O)C1=CN2C(=O)C[C@H]2S1. The molecule has 2 rings (SSSR count). The highest BCUT2D eigenvalue weighted by Crippen LogP contribution is 2.41. The summed E-state index contributed by atoms with van der Waals surface area (Å²) in [4.78, 5) is 24.4. The molecule has 14 heavy (non-hydrogen) atoms. The van der Waals surface area contributed by atoms with Gasteiger partial charge in [0.15, 0.2) is 0 Å². The van der Waals surface area contributed by atoms with Crippen LogP contribution in [0.15, 0.2) is 23.8 Å². The summed E-state index contributed by atoms with van der Waals surface area (Å²) in [5.74, 6) is -0.314. The number of hydrogen-bond acceptors (Lipinski definition) is 4. The molecule has 1 fully saturated rings. The lowest BCUT2D eigenvalue weighted by Gasteiger charge is -2.31. The molecule has 5 heteroatoms. The first kappa shape index (κ1) is 9.33. The van der Waals surface area contributed by atoms with E-state index in [2.05, 4.69) is 6.58 Å². The third-order valence-corrected chi connectivity index (χ3v) is 3.19. The van der Waals surface area contributed by atoms with Gasteiger partial charge in [-0.25, -0.2) is 4.79 Å². The average Bonchev–Trinajstić information content (AvgIpc) is 2.52. The monoisotopic (exact) mass is 211 g/mol. The summed E-state index contributed by atoms with van der Waals surface area (Å²) in [5.41, 5.74) is 0. The average molecular weight is 211 g/mol. The van der Waals surface area contributed by atoms with Gasteiger partial charge in [-0.15, -0.1) is 0 Å². The Morgan fingerprint density at radius 3 is 3.21 bits per heavy atom. The number of amides is 1. The second-order valence-corrected chi connectivity index (χ2v) is 4.18. The van der Waals surface area contributed by atoms with Crippen LogP contribution in [0.25, 0.3) is 0 Å². The molecular weight excluding hydrogens is 202 g/mol. The topological polar surface area (TPSA) is 46.6 Å². The molecular formula is C9H9NO3S. The number of esters is 1. The van der Waals surface area contributed by atoms with Gasteiger partial charge >= 0.3 is 5.97 Å². The van der Waals surface area contributed by atoms with Gasteiger partial charge in [0.1, 0.15) is 11.5 Å². The summed E-state index contributed by atoms with van der Waals surface area (Å²) in [5, 5.41) is 0.119. The van der Waals surface area contributed by atoms with Gasteiger partial charge in [0, 0.05) is 6.20 Å². The maximum absolute atomic E-state index is 11.3. The van der Waals surface area contributed by atoms with Crippen molar-refractivity contribution in [3.8, 4) is 0 Å². The smallest absolute Gasteiger partial charge is 0.346 e. The largest absolute Gasteiger partial charge is 0.457 e. The van der Waals surface area contributed by atoms with E-state index in [-0.39, 0.29) is 23.9 Å². The number of carbonyl (C=O) groups excluding carboxylic acids is 2. The van der Waals surface area contributed by atoms with E-state index < -0.39 is 0 Å². The molecule has 0 bridgehead atoms. The summed E-state index contributed by atoms with van der Waals surface area (Å²) >= 11 is 1.38. The van der Waals surface area contributed by atoms with Crippen molar-refractivity contribution in [2.45, 2.75) is 11.8 Å². The number of thioether (sulfide) groups is 1. The molecule has 0 aromatic rings. The molecule has 0 spiro atoms. The van der Waals surface area contributed by atoms with E-state index in [9.17, 15) is 9.59 Å². The molecule has 0 N–H and O–H groups in total. The van der Waals surface area contributed by atoms with E-state index in [0.29, 0.717) is 11.3 Å². The second kappa shape index (κ2) is 3.49. The Kier molecular flexibility index (Phi) is 2.33. The maximum atomic E-state index is 11.3. The van der Waals surface area contributed by atoms with Crippen molar-refractivity contribution in [3.63, 3.8) is 0 Å². The van der Waals surface area contributed by atoms with Gasteiger partial charge in [-0.3, -0.25) is 4.79 Å². The number of fused-ring (bicyclic) bond motifs is 1. The molecule has 2 heterocycles. The maximum Gasteiger partial charge on any atom is 0.346 e. The van der Waals surface area contributed by atoms with Gasteiger partial charge in [0.05, 0.1) is 11.8 Å². The second-order valence-electron chi connectivity index (χ2n) is 2.96. The van der Waals surface area contributed by atoms with E-state index in [1.807, 2.05) is 0 Å². The molecule has 74 valence electrons. The van der Waals surface area contributed by atoms with E-state index in [1.165, 1.54) is 17.8 Å². The van der Waals surface area contributed by atoms with Crippen LogP contribution in [0.1, 0.15) is 6.42 Å². The first-order chi connectivity index (χ1) is 6.72. The van der Waals surface area contributed by atoms with Crippen LogP contribution in [0.2, 0.25) is 0 Å². The Labute approximate surface area is 85.6 Å². The molecule has 0 aliphatic carbocycles. The number of β-lactam (4-membered cyclic amide) rings is 1. The zero-order chi connectivity index (χ0) is 10.1. The van der Waals surface area contributed by atoms with Gasteiger partial charge in [-0.1, -0.05) is 24.4 Å². The van der Waals surface area contributed by atoms with Crippen molar-refractivity contribution in [1.82, 2.24) is 4.90 Å². The molecule has 1 saturated heterocycles. The number of ether oxygens (including phenoxy) is 1. The van der Waals surface area contributed by atoms with Crippen LogP contribution in [-0.4, -0.2) is 28.8 Å². The van der Waals surface area contributed by atoms with Crippen molar-refractivity contribution in [2.75, 3.05) is 6.61 Å². The van der Waals surface area contributed by atoms with Gasteiger partial charge in [0.25, 0.3) is 0 Å².